The van der Waals surface area contributed by atoms with Crippen LogP contribution in [0.4, 0.5) is 0 Å². The van der Waals surface area contributed by atoms with Gasteiger partial charge in [-0.3, -0.25) is 4.68 Å². The Labute approximate surface area is 143 Å². The summed E-state index contributed by atoms with van der Waals surface area (Å²) in [4.78, 5) is 17.2. The first kappa shape index (κ1) is 15.1. The zero-order valence-corrected chi connectivity index (χ0v) is 13.5. The second-order valence-electron chi connectivity index (χ2n) is 5.65. The van der Waals surface area contributed by atoms with Crippen molar-refractivity contribution in [1.29, 1.82) is 0 Å². The van der Waals surface area contributed by atoms with Crippen LogP contribution in [0, 0.1) is 0 Å². The van der Waals surface area contributed by atoms with E-state index in [-0.39, 0.29) is 6.61 Å². The number of hydrogen-bond acceptors (Lipinski definition) is 5. The van der Waals surface area contributed by atoms with Crippen molar-refractivity contribution in [2.75, 3.05) is 0 Å². The lowest BCUT2D eigenvalue weighted by Gasteiger charge is -2.08. The number of carbonyl (C=O) groups is 1. The summed E-state index contributed by atoms with van der Waals surface area (Å²) in [6.07, 6.45) is 5.06. The number of benzene rings is 1. The van der Waals surface area contributed by atoms with Crippen LogP contribution in [-0.4, -0.2) is 20.7 Å². The molecule has 0 aliphatic heterocycles. The lowest BCUT2D eigenvalue weighted by atomic mass is 10.1. The molecule has 3 aromatic heterocycles. The van der Waals surface area contributed by atoms with E-state index in [0.29, 0.717) is 22.5 Å². The fourth-order valence-corrected chi connectivity index (χ4v) is 2.67. The Bertz CT molecular complexity index is 1040. The van der Waals surface area contributed by atoms with Crippen LogP contribution in [-0.2, 0) is 18.4 Å². The van der Waals surface area contributed by atoms with Crippen molar-refractivity contribution < 1.29 is 13.9 Å². The fourth-order valence-electron chi connectivity index (χ4n) is 2.67. The number of rotatable bonds is 4. The Morgan fingerprint density at radius 3 is 2.88 bits per heavy atom. The second-order valence-corrected chi connectivity index (χ2v) is 5.65. The number of furan rings is 1. The van der Waals surface area contributed by atoms with Crippen molar-refractivity contribution in [3.63, 3.8) is 0 Å². The molecule has 4 rings (SSSR count). The van der Waals surface area contributed by atoms with E-state index in [1.165, 1.54) is 0 Å². The van der Waals surface area contributed by atoms with Gasteiger partial charge >= 0.3 is 5.97 Å². The molecule has 4 aromatic rings. The molecule has 124 valence electrons. The minimum Gasteiger partial charge on any atom is -0.463 e. The number of hydrogen-bond donors (Lipinski definition) is 0. The van der Waals surface area contributed by atoms with Gasteiger partial charge in [0.25, 0.3) is 0 Å². The van der Waals surface area contributed by atoms with Gasteiger partial charge in [-0.05, 0) is 24.3 Å². The SMILES string of the molecule is Cn1cc(COC(=O)c2cc(-c3ccco3)nc3ccccc23)cn1. The summed E-state index contributed by atoms with van der Waals surface area (Å²) >= 11 is 0. The average molecular weight is 333 g/mol. The number of aromatic nitrogens is 3. The van der Waals surface area contributed by atoms with Gasteiger partial charge in [0.15, 0.2) is 5.76 Å². The molecule has 6 heteroatoms. The summed E-state index contributed by atoms with van der Waals surface area (Å²) in [7, 11) is 1.82. The minimum absolute atomic E-state index is 0.166. The highest BCUT2D eigenvalue weighted by Gasteiger charge is 2.16. The molecule has 25 heavy (non-hydrogen) atoms. The minimum atomic E-state index is -0.407. The highest BCUT2D eigenvalue weighted by Crippen LogP contribution is 2.25. The molecule has 0 atom stereocenters. The Morgan fingerprint density at radius 1 is 1.24 bits per heavy atom. The van der Waals surface area contributed by atoms with Gasteiger partial charge in [0.05, 0.1) is 23.5 Å². The predicted octanol–water partition coefficient (Wildman–Crippen LogP) is 3.59. The van der Waals surface area contributed by atoms with Gasteiger partial charge in [-0.1, -0.05) is 18.2 Å². The van der Waals surface area contributed by atoms with Crippen LogP contribution in [0.5, 0.6) is 0 Å². The molecule has 0 aliphatic carbocycles. The molecule has 0 saturated heterocycles. The lowest BCUT2D eigenvalue weighted by Crippen LogP contribution is -2.07. The van der Waals surface area contributed by atoms with Crippen LogP contribution < -0.4 is 0 Å². The summed E-state index contributed by atoms with van der Waals surface area (Å²) in [5.41, 5.74) is 2.60. The number of carbonyl (C=O) groups excluding carboxylic acids is 1. The number of fused-ring (bicyclic) bond motifs is 1. The maximum atomic E-state index is 12.7. The third-order valence-electron chi connectivity index (χ3n) is 3.84. The molecule has 0 amide bonds. The van der Waals surface area contributed by atoms with E-state index in [1.54, 1.807) is 29.3 Å². The van der Waals surface area contributed by atoms with Crippen molar-refractivity contribution in [2.45, 2.75) is 6.61 Å². The van der Waals surface area contributed by atoms with Gasteiger partial charge in [-0.15, -0.1) is 0 Å². The lowest BCUT2D eigenvalue weighted by molar-refractivity contribution is 0.0475. The third kappa shape index (κ3) is 3.01. The van der Waals surface area contributed by atoms with E-state index in [2.05, 4.69) is 10.1 Å². The van der Waals surface area contributed by atoms with Gasteiger partial charge in [-0.25, -0.2) is 9.78 Å². The van der Waals surface area contributed by atoms with Gasteiger partial charge in [0, 0.05) is 24.2 Å². The maximum absolute atomic E-state index is 12.7. The highest BCUT2D eigenvalue weighted by molar-refractivity contribution is 6.04. The molecule has 0 radical (unpaired) electrons. The normalized spacial score (nSPS) is 10.9. The van der Waals surface area contributed by atoms with Crippen LogP contribution in [0.3, 0.4) is 0 Å². The number of pyridine rings is 1. The van der Waals surface area contributed by atoms with Gasteiger partial charge < -0.3 is 9.15 Å². The van der Waals surface area contributed by atoms with Crippen LogP contribution in [0.1, 0.15) is 15.9 Å². The fraction of sp³-hybridized carbons (Fsp3) is 0.105. The zero-order chi connectivity index (χ0) is 17.2. The molecular weight excluding hydrogens is 318 g/mol. The van der Waals surface area contributed by atoms with Crippen molar-refractivity contribution >= 4 is 16.9 Å². The molecular formula is C19H15N3O3. The molecule has 3 heterocycles. The number of aryl methyl sites for hydroxylation is 1. The molecule has 0 N–H and O–H groups in total. The number of nitrogens with zero attached hydrogens (tertiary/aromatic N) is 3. The van der Waals surface area contributed by atoms with E-state index in [0.717, 1.165) is 10.9 Å². The summed E-state index contributed by atoms with van der Waals surface area (Å²) in [6.45, 7) is 0.166. The maximum Gasteiger partial charge on any atom is 0.339 e. The first-order chi connectivity index (χ1) is 12.2. The third-order valence-corrected chi connectivity index (χ3v) is 3.84. The highest BCUT2D eigenvalue weighted by atomic mass is 16.5. The topological polar surface area (TPSA) is 70.2 Å². The van der Waals surface area contributed by atoms with Crippen LogP contribution >= 0.6 is 0 Å². The van der Waals surface area contributed by atoms with Crippen molar-refractivity contribution in [1.82, 2.24) is 14.8 Å². The summed E-state index contributed by atoms with van der Waals surface area (Å²) in [5.74, 6) is 0.197. The first-order valence-corrected chi connectivity index (χ1v) is 7.79. The molecule has 0 saturated carbocycles. The molecule has 0 fully saturated rings. The number of esters is 1. The van der Waals surface area contributed by atoms with Crippen LogP contribution in [0.2, 0.25) is 0 Å². The quantitative estimate of drug-likeness (QED) is 0.534. The van der Waals surface area contributed by atoms with Crippen molar-refractivity contribution in [2.24, 2.45) is 7.05 Å². The van der Waals surface area contributed by atoms with E-state index in [4.69, 9.17) is 9.15 Å². The Morgan fingerprint density at radius 2 is 2.12 bits per heavy atom. The van der Waals surface area contributed by atoms with E-state index in [9.17, 15) is 4.79 Å². The van der Waals surface area contributed by atoms with E-state index in [1.807, 2.05) is 43.6 Å². The molecule has 0 aliphatic rings. The number of para-hydroxylation sites is 1. The smallest absolute Gasteiger partial charge is 0.339 e. The predicted molar refractivity (Wildman–Crippen MR) is 91.8 cm³/mol. The summed E-state index contributed by atoms with van der Waals surface area (Å²) in [5, 5.41) is 4.81. The second kappa shape index (κ2) is 6.24. The Hall–Kier alpha value is -3.41. The molecule has 0 spiro atoms. The van der Waals surface area contributed by atoms with Crippen molar-refractivity contribution in [3.05, 3.63) is 72.2 Å². The van der Waals surface area contributed by atoms with Crippen LogP contribution in [0.25, 0.3) is 22.4 Å². The van der Waals surface area contributed by atoms with Crippen LogP contribution in [0.15, 0.2) is 65.5 Å². The van der Waals surface area contributed by atoms with Gasteiger partial charge in [0.2, 0.25) is 0 Å². The zero-order valence-electron chi connectivity index (χ0n) is 13.5. The average Bonchev–Trinajstić information content (AvgIpc) is 3.30. The summed E-state index contributed by atoms with van der Waals surface area (Å²) in [6, 6.07) is 12.8. The van der Waals surface area contributed by atoms with E-state index < -0.39 is 5.97 Å². The first-order valence-electron chi connectivity index (χ1n) is 7.79. The van der Waals surface area contributed by atoms with Gasteiger partial charge in [-0.2, -0.15) is 5.10 Å². The standard InChI is InChI=1S/C19H15N3O3/c1-22-11-13(10-20-22)12-25-19(23)15-9-17(18-7-4-8-24-18)21-16-6-3-2-5-14(15)16/h2-11H,12H2,1H3. The Kier molecular flexibility index (Phi) is 3.78. The largest absolute Gasteiger partial charge is 0.463 e. The molecule has 0 unspecified atom stereocenters. The number of ether oxygens (including phenoxy) is 1. The molecule has 6 nitrogen and oxygen atoms in total. The molecule has 0 bridgehead atoms. The molecule has 1 aromatic carbocycles. The monoisotopic (exact) mass is 333 g/mol. The van der Waals surface area contributed by atoms with Gasteiger partial charge in [0.1, 0.15) is 12.3 Å². The van der Waals surface area contributed by atoms with E-state index >= 15 is 0 Å². The summed E-state index contributed by atoms with van der Waals surface area (Å²) < 4.78 is 12.5. The Balaban J connectivity index is 1.70. The van der Waals surface area contributed by atoms with Crippen molar-refractivity contribution in [3.8, 4) is 11.5 Å².